The summed E-state index contributed by atoms with van der Waals surface area (Å²) in [6.07, 6.45) is 3.52. The number of hydrogen-bond donors (Lipinski definition) is 2. The first-order valence-corrected chi connectivity index (χ1v) is 7.08. The fraction of sp³-hybridized carbons (Fsp3) is 0.786. The number of carboxylic acid groups (broad SMARTS) is 1. The molecule has 0 unspecified atom stereocenters. The topological polar surface area (TPSA) is 93.4 Å². The number of rotatable bonds is 6. The Bertz CT molecular complexity index is 395. The van der Waals surface area contributed by atoms with Crippen LogP contribution in [0.1, 0.15) is 52.4 Å². The van der Waals surface area contributed by atoms with Crippen LogP contribution >= 0.6 is 0 Å². The van der Waals surface area contributed by atoms with E-state index < -0.39 is 11.5 Å². The lowest BCUT2D eigenvalue weighted by atomic mass is 9.93. The maximum atomic E-state index is 12.3. The van der Waals surface area contributed by atoms with Crippen molar-refractivity contribution in [2.24, 2.45) is 0 Å². The van der Waals surface area contributed by atoms with Crippen LogP contribution in [-0.4, -0.2) is 40.1 Å². The Morgan fingerprint density at radius 3 is 2.45 bits per heavy atom. The van der Waals surface area contributed by atoms with Gasteiger partial charge in [-0.05, 0) is 26.7 Å². The highest BCUT2D eigenvalue weighted by Crippen LogP contribution is 2.32. The van der Waals surface area contributed by atoms with E-state index in [9.17, 15) is 9.59 Å². The molecule has 0 aliphatic heterocycles. The van der Waals surface area contributed by atoms with E-state index >= 15 is 0 Å². The lowest BCUT2D eigenvalue weighted by Crippen LogP contribution is -2.54. The number of hydrogen-bond acceptors (Lipinski definition) is 3. The Kier molecular flexibility index (Phi) is 5.81. The second-order valence-electron chi connectivity index (χ2n) is 5.68. The zero-order chi connectivity index (χ0) is 15.2. The number of carboxylic acids is 1. The zero-order valence-electron chi connectivity index (χ0n) is 12.2. The molecule has 2 amide bonds. The highest BCUT2D eigenvalue weighted by atomic mass is 16.4. The Labute approximate surface area is 119 Å². The van der Waals surface area contributed by atoms with Gasteiger partial charge in [-0.2, -0.15) is 5.26 Å². The van der Waals surface area contributed by atoms with Crippen molar-refractivity contribution in [3.63, 3.8) is 0 Å². The van der Waals surface area contributed by atoms with Gasteiger partial charge in [-0.15, -0.1) is 0 Å². The minimum absolute atomic E-state index is 0.0216. The van der Waals surface area contributed by atoms with E-state index in [-0.39, 0.29) is 24.9 Å². The highest BCUT2D eigenvalue weighted by molar-refractivity contribution is 5.77. The molecule has 1 aliphatic carbocycles. The van der Waals surface area contributed by atoms with Crippen LogP contribution < -0.4 is 5.32 Å². The average molecular weight is 281 g/mol. The molecule has 1 saturated carbocycles. The van der Waals surface area contributed by atoms with E-state index in [1.807, 2.05) is 19.9 Å². The summed E-state index contributed by atoms with van der Waals surface area (Å²) >= 11 is 0. The first kappa shape index (κ1) is 16.3. The van der Waals surface area contributed by atoms with Crippen molar-refractivity contribution in [1.82, 2.24) is 10.2 Å². The monoisotopic (exact) mass is 281 g/mol. The van der Waals surface area contributed by atoms with E-state index in [0.29, 0.717) is 19.4 Å². The summed E-state index contributed by atoms with van der Waals surface area (Å²) in [4.78, 5) is 24.9. The second-order valence-corrected chi connectivity index (χ2v) is 5.68. The number of aliphatic carboxylic acids is 1. The molecule has 0 radical (unpaired) electrons. The molecule has 0 atom stereocenters. The molecule has 6 heteroatoms. The third-order valence-corrected chi connectivity index (χ3v) is 3.77. The van der Waals surface area contributed by atoms with Crippen LogP contribution in [0, 0.1) is 11.3 Å². The number of nitriles is 1. The Hall–Kier alpha value is -1.77. The quantitative estimate of drug-likeness (QED) is 0.779. The summed E-state index contributed by atoms with van der Waals surface area (Å²) < 4.78 is 0. The number of urea groups is 1. The van der Waals surface area contributed by atoms with Gasteiger partial charge >= 0.3 is 12.0 Å². The molecule has 0 aromatic rings. The smallest absolute Gasteiger partial charge is 0.318 e. The molecule has 0 aromatic heterocycles. The predicted octanol–water partition coefficient (Wildman–Crippen LogP) is 2.11. The molecule has 0 spiro atoms. The molecular formula is C14H23N3O3. The summed E-state index contributed by atoms with van der Waals surface area (Å²) in [5.74, 6) is -0.889. The van der Waals surface area contributed by atoms with Crippen LogP contribution in [-0.2, 0) is 4.79 Å². The molecule has 1 rings (SSSR count). The lowest BCUT2D eigenvalue weighted by Gasteiger charge is -2.34. The average Bonchev–Trinajstić information content (AvgIpc) is 2.76. The number of nitrogens with one attached hydrogen (secondary N) is 1. The minimum atomic E-state index is -0.889. The molecule has 2 N–H and O–H groups in total. The molecule has 0 bridgehead atoms. The van der Waals surface area contributed by atoms with Crippen LogP contribution in [0.3, 0.4) is 0 Å². The van der Waals surface area contributed by atoms with Gasteiger partial charge in [-0.1, -0.05) is 12.8 Å². The SMILES string of the molecule is CC(C)N(CCC#N)C(=O)NC1(CC(=O)O)CCCC1. The normalized spacial score (nSPS) is 16.7. The fourth-order valence-corrected chi connectivity index (χ4v) is 2.75. The van der Waals surface area contributed by atoms with Crippen molar-refractivity contribution >= 4 is 12.0 Å². The van der Waals surface area contributed by atoms with Crippen LogP contribution in [0.2, 0.25) is 0 Å². The number of carbonyl (C=O) groups excluding carboxylic acids is 1. The van der Waals surface area contributed by atoms with Crippen LogP contribution in [0.25, 0.3) is 0 Å². The summed E-state index contributed by atoms with van der Waals surface area (Å²) in [6, 6.07) is 1.74. The molecular weight excluding hydrogens is 258 g/mol. The maximum absolute atomic E-state index is 12.3. The standard InChI is InChI=1S/C14H23N3O3/c1-11(2)17(9-5-8-15)13(20)16-14(10-12(18)19)6-3-4-7-14/h11H,3-7,9-10H2,1-2H3,(H,16,20)(H,18,19). The van der Waals surface area contributed by atoms with Gasteiger partial charge in [0.25, 0.3) is 0 Å². The van der Waals surface area contributed by atoms with Gasteiger partial charge in [0, 0.05) is 12.6 Å². The molecule has 1 fully saturated rings. The Morgan fingerprint density at radius 1 is 1.40 bits per heavy atom. The van der Waals surface area contributed by atoms with Gasteiger partial charge in [-0.3, -0.25) is 4.79 Å². The Morgan fingerprint density at radius 2 is 2.00 bits per heavy atom. The van der Waals surface area contributed by atoms with E-state index in [2.05, 4.69) is 5.32 Å². The van der Waals surface area contributed by atoms with Gasteiger partial charge in [0.2, 0.25) is 0 Å². The summed E-state index contributed by atoms with van der Waals surface area (Å²) in [5, 5.41) is 20.6. The van der Waals surface area contributed by atoms with Crippen molar-refractivity contribution in [2.75, 3.05) is 6.54 Å². The first-order valence-electron chi connectivity index (χ1n) is 7.08. The van der Waals surface area contributed by atoms with Crippen molar-refractivity contribution in [3.05, 3.63) is 0 Å². The summed E-state index contributed by atoms with van der Waals surface area (Å²) in [7, 11) is 0. The number of amides is 2. The van der Waals surface area contributed by atoms with Crippen molar-refractivity contribution < 1.29 is 14.7 Å². The largest absolute Gasteiger partial charge is 0.481 e. The highest BCUT2D eigenvalue weighted by Gasteiger charge is 2.38. The van der Waals surface area contributed by atoms with Crippen LogP contribution in [0.5, 0.6) is 0 Å². The van der Waals surface area contributed by atoms with E-state index in [1.54, 1.807) is 4.90 Å². The van der Waals surface area contributed by atoms with Gasteiger partial charge < -0.3 is 15.3 Å². The molecule has 1 aliphatic rings. The summed E-state index contributed by atoms with van der Waals surface area (Å²) in [6.45, 7) is 4.13. The van der Waals surface area contributed by atoms with E-state index in [0.717, 1.165) is 12.8 Å². The summed E-state index contributed by atoms with van der Waals surface area (Å²) in [5.41, 5.74) is -0.622. The third kappa shape index (κ3) is 4.41. The predicted molar refractivity (Wildman–Crippen MR) is 74.1 cm³/mol. The Balaban J connectivity index is 2.73. The zero-order valence-corrected chi connectivity index (χ0v) is 12.2. The van der Waals surface area contributed by atoms with Gasteiger partial charge in [0.05, 0.1) is 24.4 Å². The second kappa shape index (κ2) is 7.13. The van der Waals surface area contributed by atoms with E-state index in [1.165, 1.54) is 0 Å². The molecule has 0 aromatic carbocycles. The lowest BCUT2D eigenvalue weighted by molar-refractivity contribution is -0.138. The maximum Gasteiger partial charge on any atom is 0.318 e. The van der Waals surface area contributed by atoms with Gasteiger partial charge in [0.15, 0.2) is 0 Å². The van der Waals surface area contributed by atoms with Crippen molar-refractivity contribution in [2.45, 2.75) is 64.0 Å². The van der Waals surface area contributed by atoms with E-state index in [4.69, 9.17) is 10.4 Å². The number of carbonyl (C=O) groups is 2. The van der Waals surface area contributed by atoms with Crippen LogP contribution in [0.4, 0.5) is 4.79 Å². The molecule has 20 heavy (non-hydrogen) atoms. The number of nitrogens with zero attached hydrogens (tertiary/aromatic N) is 2. The molecule has 6 nitrogen and oxygen atoms in total. The minimum Gasteiger partial charge on any atom is -0.481 e. The van der Waals surface area contributed by atoms with Crippen molar-refractivity contribution in [1.29, 1.82) is 5.26 Å². The van der Waals surface area contributed by atoms with Crippen molar-refractivity contribution in [3.8, 4) is 6.07 Å². The molecule has 0 heterocycles. The molecule has 0 saturated heterocycles. The van der Waals surface area contributed by atoms with Gasteiger partial charge in [0.1, 0.15) is 0 Å². The third-order valence-electron chi connectivity index (χ3n) is 3.77. The first-order chi connectivity index (χ1) is 9.40. The van der Waals surface area contributed by atoms with Gasteiger partial charge in [-0.25, -0.2) is 4.79 Å². The fourth-order valence-electron chi connectivity index (χ4n) is 2.75. The molecule has 112 valence electrons. The van der Waals surface area contributed by atoms with Crippen LogP contribution in [0.15, 0.2) is 0 Å².